The number of benzene rings is 6. The van der Waals surface area contributed by atoms with Gasteiger partial charge in [0.1, 0.15) is 0 Å². The number of aromatic nitrogens is 4. The molecule has 0 aliphatic carbocycles. The van der Waals surface area contributed by atoms with Gasteiger partial charge in [0.15, 0.2) is 11.6 Å². The number of carbonyl (C=O) groups is 2. The lowest BCUT2D eigenvalue weighted by atomic mass is 9.98. The Hall–Kier alpha value is -6.40. The third-order valence-electron chi connectivity index (χ3n) is 8.92. The van der Waals surface area contributed by atoms with Crippen LogP contribution in [0.25, 0.3) is 21.8 Å². The number of hydrogen-bond acceptors (Lipinski definition) is 4. The molecule has 0 aliphatic heterocycles. The van der Waals surface area contributed by atoms with Crippen molar-refractivity contribution >= 4 is 33.4 Å². The minimum Gasteiger partial charge on any atom is -0.294 e. The first-order valence-corrected chi connectivity index (χ1v) is 16.8. The van der Waals surface area contributed by atoms with Gasteiger partial charge in [-0.2, -0.15) is 10.2 Å². The van der Waals surface area contributed by atoms with Crippen LogP contribution in [-0.2, 0) is 0 Å². The van der Waals surface area contributed by atoms with Crippen LogP contribution in [0.2, 0.25) is 0 Å². The Balaban J connectivity index is 0.000000157. The molecular weight excluding hydrogens is 617 g/mol. The average molecular weight is 653 g/mol. The summed E-state index contributed by atoms with van der Waals surface area (Å²) in [6, 6.07) is 55.0. The van der Waals surface area contributed by atoms with Crippen molar-refractivity contribution in [2.45, 2.75) is 24.9 Å². The SMILES string of the molecule is O=C(C[C@H](c1ccccc1)n1ncc2ccccc21)c1ccccc1.O=C(C[C@H](c1ccccc1)n1ncc2ccccc21)c1ccccc1. The fraction of sp³-hybridized carbons (Fsp3) is 0.0909. The Labute approximate surface area is 291 Å². The maximum absolute atomic E-state index is 12.8. The van der Waals surface area contributed by atoms with Crippen LogP contribution >= 0.6 is 0 Å². The lowest BCUT2D eigenvalue weighted by molar-refractivity contribution is 0.0960. The number of ketones is 2. The second-order valence-electron chi connectivity index (χ2n) is 12.1. The van der Waals surface area contributed by atoms with Crippen molar-refractivity contribution < 1.29 is 9.59 Å². The molecule has 0 bridgehead atoms. The monoisotopic (exact) mass is 652 g/mol. The molecule has 6 heteroatoms. The van der Waals surface area contributed by atoms with Crippen LogP contribution in [0.3, 0.4) is 0 Å². The maximum Gasteiger partial charge on any atom is 0.165 e. The highest BCUT2D eigenvalue weighted by molar-refractivity contribution is 5.97. The largest absolute Gasteiger partial charge is 0.294 e. The van der Waals surface area contributed by atoms with Crippen LogP contribution < -0.4 is 0 Å². The molecule has 0 radical (unpaired) electrons. The Morgan fingerprint density at radius 1 is 0.420 bits per heavy atom. The van der Waals surface area contributed by atoms with Gasteiger partial charge in [-0.25, -0.2) is 0 Å². The van der Waals surface area contributed by atoms with E-state index < -0.39 is 0 Å². The average Bonchev–Trinajstić information content (AvgIpc) is 3.82. The molecule has 244 valence electrons. The number of rotatable bonds is 10. The summed E-state index contributed by atoms with van der Waals surface area (Å²) in [5.41, 5.74) is 5.72. The Morgan fingerprint density at radius 2 is 0.740 bits per heavy atom. The van der Waals surface area contributed by atoms with Crippen molar-refractivity contribution in [3.05, 3.63) is 205 Å². The molecule has 8 rings (SSSR count). The summed E-state index contributed by atoms with van der Waals surface area (Å²) >= 11 is 0. The number of hydrogen-bond donors (Lipinski definition) is 0. The number of para-hydroxylation sites is 2. The molecule has 6 nitrogen and oxygen atoms in total. The van der Waals surface area contributed by atoms with Gasteiger partial charge in [-0.05, 0) is 23.3 Å². The Morgan fingerprint density at radius 3 is 1.12 bits per heavy atom. The van der Waals surface area contributed by atoms with E-state index >= 15 is 0 Å². The number of fused-ring (bicyclic) bond motifs is 2. The summed E-state index contributed by atoms with van der Waals surface area (Å²) < 4.78 is 3.93. The maximum atomic E-state index is 12.8. The van der Waals surface area contributed by atoms with Gasteiger partial charge in [0.25, 0.3) is 0 Å². The first kappa shape index (κ1) is 32.2. The standard InChI is InChI=1S/2C22H18N2O/c2*25-22(18-11-5-2-6-12-18)15-21(17-9-3-1-4-10-17)24-20-14-8-7-13-19(20)16-23-24/h2*1-14,16,21H,15H2/t2*21-/m11/s1. The molecule has 0 amide bonds. The van der Waals surface area contributed by atoms with E-state index in [0.29, 0.717) is 12.8 Å². The zero-order valence-electron chi connectivity index (χ0n) is 27.5. The minimum atomic E-state index is -0.131. The lowest BCUT2D eigenvalue weighted by Crippen LogP contribution is -2.16. The van der Waals surface area contributed by atoms with E-state index in [2.05, 4.69) is 34.5 Å². The molecule has 0 saturated carbocycles. The normalized spacial score (nSPS) is 12.2. The topological polar surface area (TPSA) is 69.8 Å². The first-order chi connectivity index (χ1) is 24.7. The Bertz CT molecular complexity index is 2150. The quantitative estimate of drug-likeness (QED) is 0.138. The highest BCUT2D eigenvalue weighted by atomic mass is 16.1. The van der Waals surface area contributed by atoms with Gasteiger partial charge in [0.05, 0.1) is 35.5 Å². The van der Waals surface area contributed by atoms with Gasteiger partial charge < -0.3 is 0 Å². The molecule has 0 saturated heterocycles. The van der Waals surface area contributed by atoms with E-state index in [1.165, 1.54) is 0 Å². The predicted molar refractivity (Wildman–Crippen MR) is 199 cm³/mol. The summed E-state index contributed by atoms with van der Waals surface area (Å²) in [7, 11) is 0. The molecule has 50 heavy (non-hydrogen) atoms. The third-order valence-corrected chi connectivity index (χ3v) is 8.92. The molecule has 2 atom stereocenters. The van der Waals surface area contributed by atoms with Crippen molar-refractivity contribution in [3.63, 3.8) is 0 Å². The fourth-order valence-electron chi connectivity index (χ4n) is 6.36. The highest BCUT2D eigenvalue weighted by Crippen LogP contribution is 2.29. The highest BCUT2D eigenvalue weighted by Gasteiger charge is 2.22. The molecule has 8 aromatic rings. The summed E-state index contributed by atoms with van der Waals surface area (Å²) in [4.78, 5) is 25.6. The van der Waals surface area contributed by atoms with E-state index in [9.17, 15) is 9.59 Å². The summed E-state index contributed by atoms with van der Waals surface area (Å²) in [5.74, 6) is 0.239. The molecule has 2 aromatic heterocycles. The van der Waals surface area contributed by atoms with Crippen molar-refractivity contribution in [1.29, 1.82) is 0 Å². The van der Waals surface area contributed by atoms with Crippen LogP contribution in [0.4, 0.5) is 0 Å². The Kier molecular flexibility index (Phi) is 9.79. The molecule has 0 fully saturated rings. The first-order valence-electron chi connectivity index (χ1n) is 16.8. The van der Waals surface area contributed by atoms with Crippen molar-refractivity contribution in [1.82, 2.24) is 19.6 Å². The fourth-order valence-corrected chi connectivity index (χ4v) is 6.36. The van der Waals surface area contributed by atoms with Crippen LogP contribution in [0.1, 0.15) is 56.8 Å². The minimum absolute atomic E-state index is 0.119. The van der Waals surface area contributed by atoms with E-state index in [4.69, 9.17) is 0 Å². The lowest BCUT2D eigenvalue weighted by Gasteiger charge is -2.19. The van der Waals surface area contributed by atoms with Gasteiger partial charge in [-0.3, -0.25) is 19.0 Å². The van der Waals surface area contributed by atoms with Crippen LogP contribution in [0.5, 0.6) is 0 Å². The second-order valence-corrected chi connectivity index (χ2v) is 12.1. The predicted octanol–water partition coefficient (Wildman–Crippen LogP) is 9.80. The number of nitrogens with zero attached hydrogens (tertiary/aromatic N) is 4. The molecule has 0 spiro atoms. The smallest absolute Gasteiger partial charge is 0.165 e. The van der Waals surface area contributed by atoms with Gasteiger partial charge in [-0.1, -0.05) is 158 Å². The molecule has 0 unspecified atom stereocenters. The van der Waals surface area contributed by atoms with Gasteiger partial charge in [-0.15, -0.1) is 0 Å². The molecule has 6 aromatic carbocycles. The van der Waals surface area contributed by atoms with E-state index in [-0.39, 0.29) is 23.7 Å². The summed E-state index contributed by atoms with van der Waals surface area (Å²) in [5, 5.41) is 11.3. The summed E-state index contributed by atoms with van der Waals surface area (Å²) in [6.45, 7) is 0. The molecule has 0 N–H and O–H groups in total. The summed E-state index contributed by atoms with van der Waals surface area (Å²) in [6.07, 6.45) is 4.47. The van der Waals surface area contributed by atoms with E-state index in [1.54, 1.807) is 0 Å². The zero-order chi connectivity index (χ0) is 34.1. The van der Waals surface area contributed by atoms with Crippen molar-refractivity contribution in [2.24, 2.45) is 0 Å². The van der Waals surface area contributed by atoms with Gasteiger partial charge >= 0.3 is 0 Å². The van der Waals surface area contributed by atoms with Crippen molar-refractivity contribution in [2.75, 3.05) is 0 Å². The van der Waals surface area contributed by atoms with Crippen LogP contribution in [0.15, 0.2) is 182 Å². The molecular formula is C44H36N4O2. The third kappa shape index (κ3) is 7.20. The molecule has 2 heterocycles. The zero-order valence-corrected chi connectivity index (χ0v) is 27.5. The number of Topliss-reactive ketones (excluding diaryl/α,β-unsaturated/α-hetero) is 2. The van der Waals surface area contributed by atoms with E-state index in [0.717, 1.165) is 44.1 Å². The number of carbonyl (C=O) groups excluding carboxylic acids is 2. The molecule has 0 aliphatic rings. The van der Waals surface area contributed by atoms with Gasteiger partial charge in [0, 0.05) is 34.7 Å². The van der Waals surface area contributed by atoms with Crippen LogP contribution in [-0.4, -0.2) is 31.1 Å². The van der Waals surface area contributed by atoms with E-state index in [1.807, 2.05) is 167 Å². The van der Waals surface area contributed by atoms with Crippen molar-refractivity contribution in [3.8, 4) is 0 Å². The van der Waals surface area contributed by atoms with Gasteiger partial charge in [0.2, 0.25) is 0 Å². The second kappa shape index (κ2) is 15.2. The van der Waals surface area contributed by atoms with Crippen LogP contribution in [0, 0.1) is 0 Å².